The van der Waals surface area contributed by atoms with Gasteiger partial charge in [-0.15, -0.1) is 10.2 Å². The van der Waals surface area contributed by atoms with E-state index in [1.54, 1.807) is 13.2 Å². The van der Waals surface area contributed by atoms with Gasteiger partial charge < -0.3 is 14.3 Å². The summed E-state index contributed by atoms with van der Waals surface area (Å²) in [4.78, 5) is 24.5. The number of aryl methyl sites for hydroxylation is 1. The topological polar surface area (TPSA) is 102 Å². The maximum atomic E-state index is 12.4. The summed E-state index contributed by atoms with van der Waals surface area (Å²) in [5.74, 6) is 1.13. The van der Waals surface area contributed by atoms with Crippen molar-refractivity contribution in [3.8, 4) is 11.4 Å². The van der Waals surface area contributed by atoms with Gasteiger partial charge in [0.05, 0.1) is 17.1 Å². The molecule has 0 aromatic carbocycles. The molecule has 3 rings (SSSR count). The van der Waals surface area contributed by atoms with Crippen molar-refractivity contribution in [3.63, 3.8) is 0 Å². The third-order valence-electron chi connectivity index (χ3n) is 4.96. The van der Waals surface area contributed by atoms with Gasteiger partial charge in [-0.05, 0) is 39.7 Å². The molecule has 9 heteroatoms. The summed E-state index contributed by atoms with van der Waals surface area (Å²) < 4.78 is 7.30. The Morgan fingerprint density at radius 3 is 2.71 bits per heavy atom. The largest absolute Gasteiger partial charge is 0.469 e. The standard InChI is InChI=1S/C19H27N5O3S/c1-4-24-16(15-10-11-27-12(15)2)22-23-19(24)28-13(3)17(25)21-18(26)20-14-8-6-5-7-9-14/h10-11,13-14H,4-9H2,1-3H3,(H2,20,21,25,26)/t13-/m1/s1. The van der Waals surface area contributed by atoms with E-state index in [0.717, 1.165) is 37.0 Å². The average Bonchev–Trinajstić information content (AvgIpc) is 3.27. The number of furan rings is 1. The Kier molecular flexibility index (Phi) is 6.77. The Balaban J connectivity index is 1.60. The van der Waals surface area contributed by atoms with Gasteiger partial charge in [0, 0.05) is 12.6 Å². The van der Waals surface area contributed by atoms with Crippen LogP contribution in [0.1, 0.15) is 51.7 Å². The van der Waals surface area contributed by atoms with Crippen molar-refractivity contribution in [3.05, 3.63) is 18.1 Å². The van der Waals surface area contributed by atoms with Gasteiger partial charge in [0.25, 0.3) is 0 Å². The lowest BCUT2D eigenvalue weighted by atomic mass is 9.96. The van der Waals surface area contributed by atoms with E-state index in [9.17, 15) is 9.59 Å². The van der Waals surface area contributed by atoms with Crippen LogP contribution in [0, 0.1) is 6.92 Å². The zero-order valence-electron chi connectivity index (χ0n) is 16.5. The quantitative estimate of drug-likeness (QED) is 0.713. The first kappa shape index (κ1) is 20.4. The van der Waals surface area contributed by atoms with Crippen LogP contribution in [0.15, 0.2) is 21.9 Å². The second-order valence-corrected chi connectivity index (χ2v) is 8.31. The monoisotopic (exact) mass is 405 g/mol. The lowest BCUT2D eigenvalue weighted by Crippen LogP contribution is -2.47. The van der Waals surface area contributed by atoms with Crippen molar-refractivity contribution >= 4 is 23.7 Å². The normalized spacial score (nSPS) is 16.0. The Hall–Kier alpha value is -2.29. The number of thioether (sulfide) groups is 1. The second kappa shape index (κ2) is 9.27. The van der Waals surface area contributed by atoms with Gasteiger partial charge in [-0.2, -0.15) is 0 Å². The van der Waals surface area contributed by atoms with Crippen molar-refractivity contribution in [2.24, 2.45) is 0 Å². The van der Waals surface area contributed by atoms with Gasteiger partial charge in [0.1, 0.15) is 5.76 Å². The molecule has 0 saturated heterocycles. The van der Waals surface area contributed by atoms with Crippen LogP contribution in [0.5, 0.6) is 0 Å². The van der Waals surface area contributed by atoms with Crippen LogP contribution in [-0.4, -0.2) is 38.0 Å². The number of rotatable bonds is 6. The first-order valence-electron chi connectivity index (χ1n) is 9.75. The molecule has 0 bridgehead atoms. The minimum absolute atomic E-state index is 0.161. The molecule has 0 spiro atoms. The van der Waals surface area contributed by atoms with E-state index in [4.69, 9.17) is 4.42 Å². The van der Waals surface area contributed by atoms with E-state index in [1.165, 1.54) is 18.2 Å². The molecule has 2 heterocycles. The molecule has 3 amide bonds. The van der Waals surface area contributed by atoms with Crippen LogP contribution in [0.2, 0.25) is 0 Å². The van der Waals surface area contributed by atoms with Crippen LogP contribution >= 0.6 is 11.8 Å². The van der Waals surface area contributed by atoms with Crippen LogP contribution in [-0.2, 0) is 11.3 Å². The Bertz CT molecular complexity index is 825. The van der Waals surface area contributed by atoms with Crippen LogP contribution in [0.3, 0.4) is 0 Å². The van der Waals surface area contributed by atoms with E-state index in [1.807, 2.05) is 24.5 Å². The molecule has 8 nitrogen and oxygen atoms in total. The second-order valence-electron chi connectivity index (χ2n) is 7.00. The summed E-state index contributed by atoms with van der Waals surface area (Å²) in [6.45, 7) is 6.28. The molecule has 1 aliphatic rings. The molecule has 1 fully saturated rings. The van der Waals surface area contributed by atoms with E-state index >= 15 is 0 Å². The van der Waals surface area contributed by atoms with E-state index < -0.39 is 11.3 Å². The van der Waals surface area contributed by atoms with Crippen molar-refractivity contribution < 1.29 is 14.0 Å². The van der Waals surface area contributed by atoms with Crippen LogP contribution in [0.4, 0.5) is 4.79 Å². The lowest BCUT2D eigenvalue weighted by molar-refractivity contribution is -0.119. The highest BCUT2D eigenvalue weighted by Crippen LogP contribution is 2.28. The summed E-state index contributed by atoms with van der Waals surface area (Å²) >= 11 is 1.28. The molecular weight excluding hydrogens is 378 g/mol. The first-order valence-corrected chi connectivity index (χ1v) is 10.6. The van der Waals surface area contributed by atoms with Gasteiger partial charge in [-0.1, -0.05) is 31.0 Å². The molecule has 0 radical (unpaired) electrons. The molecule has 28 heavy (non-hydrogen) atoms. The number of nitrogens with zero attached hydrogens (tertiary/aromatic N) is 3. The minimum atomic E-state index is -0.482. The number of nitrogens with one attached hydrogen (secondary N) is 2. The van der Waals surface area contributed by atoms with Gasteiger partial charge >= 0.3 is 6.03 Å². The summed E-state index contributed by atoms with van der Waals surface area (Å²) in [7, 11) is 0. The molecule has 0 unspecified atom stereocenters. The summed E-state index contributed by atoms with van der Waals surface area (Å²) in [5.41, 5.74) is 0.880. The number of hydrogen-bond acceptors (Lipinski definition) is 6. The van der Waals surface area contributed by atoms with E-state index in [0.29, 0.717) is 17.5 Å². The van der Waals surface area contributed by atoms with Crippen LogP contribution < -0.4 is 10.6 Å². The summed E-state index contributed by atoms with van der Waals surface area (Å²) in [5, 5.41) is 14.0. The lowest BCUT2D eigenvalue weighted by Gasteiger charge is -2.23. The number of aromatic nitrogens is 3. The molecular formula is C19H27N5O3S. The van der Waals surface area contributed by atoms with E-state index in [-0.39, 0.29) is 11.9 Å². The highest BCUT2D eigenvalue weighted by atomic mass is 32.2. The summed E-state index contributed by atoms with van der Waals surface area (Å²) in [6, 6.07) is 1.59. The molecule has 2 aromatic heterocycles. The maximum Gasteiger partial charge on any atom is 0.321 e. The zero-order chi connectivity index (χ0) is 20.1. The predicted octanol–water partition coefficient (Wildman–Crippen LogP) is 3.51. The van der Waals surface area contributed by atoms with Gasteiger partial charge in [-0.3, -0.25) is 10.1 Å². The molecule has 1 aliphatic carbocycles. The summed E-state index contributed by atoms with van der Waals surface area (Å²) in [6.07, 6.45) is 7.02. The zero-order valence-corrected chi connectivity index (χ0v) is 17.3. The molecule has 1 atom stereocenters. The Morgan fingerprint density at radius 1 is 1.32 bits per heavy atom. The molecule has 2 N–H and O–H groups in total. The smallest absolute Gasteiger partial charge is 0.321 e. The first-order chi connectivity index (χ1) is 13.5. The molecule has 1 saturated carbocycles. The third-order valence-corrected chi connectivity index (χ3v) is 6.04. The number of urea groups is 1. The molecule has 0 aliphatic heterocycles. The number of carbonyl (C=O) groups excluding carboxylic acids is 2. The number of carbonyl (C=O) groups is 2. The SMILES string of the molecule is CCn1c(S[C@H](C)C(=O)NC(=O)NC2CCCCC2)nnc1-c1ccoc1C. The Morgan fingerprint density at radius 2 is 2.07 bits per heavy atom. The van der Waals surface area contributed by atoms with Gasteiger partial charge in [-0.25, -0.2) is 4.79 Å². The fourth-order valence-corrected chi connectivity index (χ4v) is 4.28. The van der Waals surface area contributed by atoms with Crippen molar-refractivity contribution in [1.82, 2.24) is 25.4 Å². The van der Waals surface area contributed by atoms with Crippen molar-refractivity contribution in [2.75, 3.05) is 0 Å². The van der Waals surface area contributed by atoms with Crippen molar-refractivity contribution in [1.29, 1.82) is 0 Å². The number of amides is 3. The highest BCUT2D eigenvalue weighted by molar-refractivity contribution is 8.00. The fraction of sp³-hybridized carbons (Fsp3) is 0.579. The number of imide groups is 1. The highest BCUT2D eigenvalue weighted by Gasteiger charge is 2.23. The minimum Gasteiger partial charge on any atom is -0.469 e. The average molecular weight is 406 g/mol. The van der Waals surface area contributed by atoms with Crippen LogP contribution in [0.25, 0.3) is 11.4 Å². The number of hydrogen-bond donors (Lipinski definition) is 2. The molecule has 2 aromatic rings. The maximum absolute atomic E-state index is 12.4. The van der Waals surface area contributed by atoms with E-state index in [2.05, 4.69) is 20.8 Å². The van der Waals surface area contributed by atoms with Gasteiger partial charge in [0.15, 0.2) is 11.0 Å². The predicted molar refractivity (Wildman–Crippen MR) is 107 cm³/mol. The van der Waals surface area contributed by atoms with Gasteiger partial charge in [0.2, 0.25) is 5.91 Å². The fourth-order valence-electron chi connectivity index (χ4n) is 3.37. The molecule has 152 valence electrons. The Labute approximate surface area is 168 Å². The van der Waals surface area contributed by atoms with Crippen molar-refractivity contribution in [2.45, 2.75) is 75.9 Å². The third kappa shape index (κ3) is 4.76.